The van der Waals surface area contributed by atoms with Crippen LogP contribution in [0, 0.1) is 0 Å². The largest absolute Gasteiger partial charge is 0.463 e. The highest BCUT2D eigenvalue weighted by atomic mass is 35.5. The minimum Gasteiger partial charge on any atom is -0.463 e. The number of hydrogen-bond acceptors (Lipinski definition) is 4. The van der Waals surface area contributed by atoms with Gasteiger partial charge in [0, 0.05) is 16.6 Å². The number of halogens is 1. The summed E-state index contributed by atoms with van der Waals surface area (Å²) in [6, 6.07) is 17.2. The Hall–Kier alpha value is -2.72. The van der Waals surface area contributed by atoms with Crippen LogP contribution in [0.5, 0.6) is 0 Å². The zero-order valence-corrected chi connectivity index (χ0v) is 14.6. The molecule has 0 saturated carbocycles. The lowest BCUT2D eigenvalue weighted by atomic mass is 9.87. The van der Waals surface area contributed by atoms with Crippen molar-refractivity contribution in [3.05, 3.63) is 88.2 Å². The van der Waals surface area contributed by atoms with Crippen molar-refractivity contribution in [1.82, 2.24) is 5.32 Å². The molecule has 5 heteroatoms. The van der Waals surface area contributed by atoms with E-state index in [1.165, 1.54) is 0 Å². The summed E-state index contributed by atoms with van der Waals surface area (Å²) in [5.74, 6) is -0.547. The fourth-order valence-electron chi connectivity index (χ4n) is 2.88. The van der Waals surface area contributed by atoms with Gasteiger partial charge in [0.2, 0.25) is 0 Å². The van der Waals surface area contributed by atoms with Crippen LogP contribution < -0.4 is 11.1 Å². The summed E-state index contributed by atoms with van der Waals surface area (Å²) in [5, 5.41) is 3.69. The number of nitrogens with two attached hydrogens (primary N) is 1. The van der Waals surface area contributed by atoms with Crippen molar-refractivity contribution in [2.75, 3.05) is 6.61 Å². The number of dihydropyridines is 1. The molecule has 2 aromatic rings. The SMILES string of the molecule is CCOC(=O)C1=C(N)NC(c2ccccc2)=CC1c1ccccc1Cl. The van der Waals surface area contributed by atoms with Crippen molar-refractivity contribution in [2.45, 2.75) is 12.8 Å². The Labute approximate surface area is 151 Å². The Balaban J connectivity index is 2.11. The molecule has 3 rings (SSSR count). The fraction of sp³-hybridized carbons (Fsp3) is 0.150. The molecule has 0 radical (unpaired) electrons. The van der Waals surface area contributed by atoms with Crippen molar-refractivity contribution < 1.29 is 9.53 Å². The first-order chi connectivity index (χ1) is 12.1. The second-order valence-corrected chi connectivity index (χ2v) is 6.03. The van der Waals surface area contributed by atoms with Gasteiger partial charge in [-0.3, -0.25) is 0 Å². The topological polar surface area (TPSA) is 64.3 Å². The van der Waals surface area contributed by atoms with Crippen LogP contribution in [-0.2, 0) is 9.53 Å². The lowest BCUT2D eigenvalue weighted by Crippen LogP contribution is -2.31. The molecule has 0 aliphatic carbocycles. The molecular weight excluding hydrogens is 336 g/mol. The van der Waals surface area contributed by atoms with Crippen LogP contribution in [0.3, 0.4) is 0 Å². The Morgan fingerprint density at radius 3 is 2.52 bits per heavy atom. The Bertz CT molecular complexity index is 844. The maximum absolute atomic E-state index is 12.5. The van der Waals surface area contributed by atoms with Crippen LogP contribution in [0.25, 0.3) is 5.70 Å². The van der Waals surface area contributed by atoms with E-state index < -0.39 is 5.97 Å². The van der Waals surface area contributed by atoms with E-state index in [0.717, 1.165) is 16.8 Å². The summed E-state index contributed by atoms with van der Waals surface area (Å²) in [7, 11) is 0. The molecule has 0 amide bonds. The number of rotatable bonds is 4. The smallest absolute Gasteiger partial charge is 0.338 e. The molecule has 0 saturated heterocycles. The van der Waals surface area contributed by atoms with Gasteiger partial charge in [0.25, 0.3) is 0 Å². The third kappa shape index (κ3) is 3.54. The Kier molecular flexibility index (Phi) is 5.10. The molecule has 1 aliphatic heterocycles. The predicted molar refractivity (Wildman–Crippen MR) is 99.6 cm³/mol. The molecule has 25 heavy (non-hydrogen) atoms. The molecule has 0 bridgehead atoms. The van der Waals surface area contributed by atoms with Gasteiger partial charge in [-0.25, -0.2) is 4.79 Å². The molecule has 4 nitrogen and oxygen atoms in total. The van der Waals surface area contributed by atoms with Crippen molar-refractivity contribution in [1.29, 1.82) is 0 Å². The fourth-order valence-corrected chi connectivity index (χ4v) is 3.13. The number of ether oxygens (including phenoxy) is 1. The molecular formula is C20H19ClN2O2. The number of carbonyl (C=O) groups excluding carboxylic acids is 1. The minimum atomic E-state index is -0.444. The lowest BCUT2D eigenvalue weighted by molar-refractivity contribution is -0.138. The Morgan fingerprint density at radius 1 is 1.16 bits per heavy atom. The average molecular weight is 355 g/mol. The third-order valence-corrected chi connectivity index (χ3v) is 4.37. The monoisotopic (exact) mass is 354 g/mol. The van der Waals surface area contributed by atoms with E-state index >= 15 is 0 Å². The molecule has 1 aliphatic rings. The quantitative estimate of drug-likeness (QED) is 0.820. The summed E-state index contributed by atoms with van der Waals surface area (Å²) < 4.78 is 5.20. The summed E-state index contributed by atoms with van der Waals surface area (Å²) in [5.41, 5.74) is 9.19. The highest BCUT2D eigenvalue weighted by Crippen LogP contribution is 2.37. The molecule has 3 N–H and O–H groups in total. The normalized spacial score (nSPS) is 16.9. The van der Waals surface area contributed by atoms with E-state index in [1.54, 1.807) is 13.0 Å². The number of carbonyl (C=O) groups is 1. The number of hydrogen-bond donors (Lipinski definition) is 2. The van der Waals surface area contributed by atoms with Gasteiger partial charge in [-0.2, -0.15) is 0 Å². The summed E-state index contributed by atoms with van der Waals surface area (Å²) >= 11 is 6.38. The molecule has 128 valence electrons. The van der Waals surface area contributed by atoms with Gasteiger partial charge >= 0.3 is 5.97 Å². The van der Waals surface area contributed by atoms with Crippen LogP contribution in [-0.4, -0.2) is 12.6 Å². The average Bonchev–Trinajstić information content (AvgIpc) is 2.62. The van der Waals surface area contributed by atoms with Crippen LogP contribution in [0.15, 0.2) is 72.1 Å². The Morgan fingerprint density at radius 2 is 1.84 bits per heavy atom. The van der Waals surface area contributed by atoms with Crippen LogP contribution >= 0.6 is 11.6 Å². The zero-order chi connectivity index (χ0) is 17.8. The van der Waals surface area contributed by atoms with Gasteiger partial charge in [-0.15, -0.1) is 0 Å². The van der Waals surface area contributed by atoms with Gasteiger partial charge in [0.05, 0.1) is 12.2 Å². The van der Waals surface area contributed by atoms with Gasteiger partial charge < -0.3 is 15.8 Å². The predicted octanol–water partition coefficient (Wildman–Crippen LogP) is 3.80. The van der Waals surface area contributed by atoms with Crippen molar-refractivity contribution in [2.24, 2.45) is 5.73 Å². The highest BCUT2D eigenvalue weighted by molar-refractivity contribution is 6.31. The third-order valence-electron chi connectivity index (χ3n) is 4.02. The first-order valence-corrected chi connectivity index (χ1v) is 8.45. The first-order valence-electron chi connectivity index (χ1n) is 8.07. The second-order valence-electron chi connectivity index (χ2n) is 5.62. The van der Waals surface area contributed by atoms with Crippen LogP contribution in [0.1, 0.15) is 24.0 Å². The maximum atomic E-state index is 12.5. The number of esters is 1. The summed E-state index contributed by atoms with van der Waals surface area (Å²) in [6.07, 6.45) is 1.96. The molecule has 0 fully saturated rings. The van der Waals surface area contributed by atoms with E-state index in [0.29, 0.717) is 10.6 Å². The maximum Gasteiger partial charge on any atom is 0.338 e. The van der Waals surface area contributed by atoms with Crippen molar-refractivity contribution >= 4 is 23.3 Å². The zero-order valence-electron chi connectivity index (χ0n) is 13.8. The summed E-state index contributed by atoms with van der Waals surface area (Å²) in [4.78, 5) is 12.5. The number of allylic oxidation sites excluding steroid dienone is 1. The van der Waals surface area contributed by atoms with E-state index in [-0.39, 0.29) is 18.3 Å². The van der Waals surface area contributed by atoms with E-state index in [4.69, 9.17) is 22.1 Å². The molecule has 1 unspecified atom stereocenters. The number of nitrogens with one attached hydrogen (secondary N) is 1. The number of benzene rings is 2. The molecule has 1 atom stereocenters. The summed E-state index contributed by atoms with van der Waals surface area (Å²) in [6.45, 7) is 2.04. The van der Waals surface area contributed by atoms with Gasteiger partial charge in [-0.05, 0) is 30.2 Å². The van der Waals surface area contributed by atoms with Gasteiger partial charge in [-0.1, -0.05) is 60.1 Å². The molecule has 0 spiro atoms. The van der Waals surface area contributed by atoms with Gasteiger partial charge in [0.15, 0.2) is 0 Å². The van der Waals surface area contributed by atoms with E-state index in [2.05, 4.69) is 5.32 Å². The van der Waals surface area contributed by atoms with Crippen molar-refractivity contribution in [3.63, 3.8) is 0 Å². The highest BCUT2D eigenvalue weighted by Gasteiger charge is 2.31. The van der Waals surface area contributed by atoms with Gasteiger partial charge in [0.1, 0.15) is 5.82 Å². The standard InChI is InChI=1S/C20H19ClN2O2/c1-2-25-20(24)18-15(14-10-6-7-11-16(14)21)12-17(23-19(18)22)13-8-4-3-5-9-13/h3-12,15,23H,2,22H2,1H3. The molecule has 1 heterocycles. The first kappa shape index (κ1) is 17.1. The lowest BCUT2D eigenvalue weighted by Gasteiger charge is -2.27. The molecule has 0 aromatic heterocycles. The van der Waals surface area contributed by atoms with Crippen LogP contribution in [0.2, 0.25) is 5.02 Å². The van der Waals surface area contributed by atoms with Crippen LogP contribution in [0.4, 0.5) is 0 Å². The second kappa shape index (κ2) is 7.45. The van der Waals surface area contributed by atoms with E-state index in [9.17, 15) is 4.79 Å². The van der Waals surface area contributed by atoms with E-state index in [1.807, 2.05) is 54.6 Å². The minimum absolute atomic E-state index is 0.278. The molecule has 2 aromatic carbocycles. The van der Waals surface area contributed by atoms with Crippen molar-refractivity contribution in [3.8, 4) is 0 Å².